The van der Waals surface area contributed by atoms with Gasteiger partial charge in [0.25, 0.3) is 0 Å². The molecule has 0 radical (unpaired) electrons. The molecule has 25 heteroatoms. The Morgan fingerprint density at radius 1 is 0.223 bits per heavy atom. The van der Waals surface area contributed by atoms with Crippen LogP contribution in [0.5, 0.6) is 0 Å². The Balaban J connectivity index is -0.0000000791. The number of hydrogen-bond donors (Lipinski definition) is 5. The van der Waals surface area contributed by atoms with Crippen molar-refractivity contribution in [3.05, 3.63) is 53.2 Å². The minimum Gasteiger partial charge on any atom is -0.673 e. The zero-order valence-corrected chi connectivity index (χ0v) is 95.7. The van der Waals surface area contributed by atoms with E-state index in [-0.39, 0.29) is 169 Å². The van der Waals surface area contributed by atoms with E-state index in [0.717, 1.165) is 85.0 Å². The van der Waals surface area contributed by atoms with Gasteiger partial charge in [0.1, 0.15) is 0 Å². The quantitative estimate of drug-likeness (QED) is 0.0371. The fourth-order valence-corrected chi connectivity index (χ4v) is 11.6. The maximum Gasteiger partial charge on any atom is 2.00 e. The maximum atomic E-state index is 9.75. The first-order valence-electron chi connectivity index (χ1n) is 45.2. The summed E-state index contributed by atoms with van der Waals surface area (Å²) in [4.78, 5) is 11.0. The average molecular weight is 1960 g/mol. The van der Waals surface area contributed by atoms with E-state index in [0.29, 0.717) is 0 Å². The summed E-state index contributed by atoms with van der Waals surface area (Å²) in [5, 5.41) is 92.9. The van der Waals surface area contributed by atoms with Crippen molar-refractivity contribution in [1.82, 2.24) is 24.5 Å². The van der Waals surface area contributed by atoms with Gasteiger partial charge in [0.15, 0.2) is 0 Å². The SMILES string of the molecule is CC([N-]C(C)(C)C)[N-]C(C)(C)C.CC([N-]C(C)(C)C)[N-]C(C)(C)C.CC([N-]C(C)(C)C)[N-]C(C)(C)C.CC([N-]C(C)(C)C)[N-]C(C)(C)C.CC([N-]C(C)(C)C)[N-]C(C)(C)C.CCC(C)(O)CN(C)C.CCCCN(C)CC(C)(C)O.CCCCN(CC)CC(C)(C)O.CCCCN(CCCC)CC(C)(C)O.CCN(CC)CC(C)(C)O.[Ni+2].[Ni+2].[Ni+2].[Ni+2].[Ni+2]. The fourth-order valence-electron chi connectivity index (χ4n) is 11.6. The third kappa shape index (κ3) is 169. The first-order chi connectivity index (χ1) is 50.9. The Morgan fingerprint density at radius 3 is 0.504 bits per heavy atom. The van der Waals surface area contributed by atoms with Crippen molar-refractivity contribution in [2.24, 2.45) is 0 Å². The molecule has 0 aliphatic rings. The van der Waals surface area contributed by atoms with Crippen molar-refractivity contribution < 1.29 is 108 Å². The van der Waals surface area contributed by atoms with Gasteiger partial charge in [0, 0.05) is 32.7 Å². The van der Waals surface area contributed by atoms with Crippen LogP contribution in [0, 0.1) is 0 Å². The molecule has 0 fully saturated rings. The molecule has 0 aliphatic heterocycles. The number of unbranched alkanes of at least 4 members (excludes halogenated alkanes) is 4. The van der Waals surface area contributed by atoms with Crippen LogP contribution in [0.1, 0.15) is 418 Å². The monoisotopic (exact) mass is 1950 g/mol. The number of hydrogen-bond acceptors (Lipinski definition) is 10. The normalized spacial score (nSPS) is 13.1. The van der Waals surface area contributed by atoms with Gasteiger partial charge in [-0.25, -0.2) is 30.8 Å². The van der Waals surface area contributed by atoms with Crippen LogP contribution in [-0.4, -0.2) is 264 Å². The molecule has 0 heterocycles. The van der Waals surface area contributed by atoms with Crippen molar-refractivity contribution in [2.75, 3.05) is 99.7 Å². The molecule has 0 aromatic heterocycles. The number of likely N-dealkylation sites (N-methyl/N-ethyl adjacent to an activating group) is 4. The second kappa shape index (κ2) is 76.0. The molecule has 0 aromatic rings. The molecule has 0 rings (SSSR count). The minimum absolute atomic E-state index is 0. The van der Waals surface area contributed by atoms with E-state index in [9.17, 15) is 25.5 Å². The van der Waals surface area contributed by atoms with Crippen molar-refractivity contribution in [3.8, 4) is 0 Å². The van der Waals surface area contributed by atoms with Gasteiger partial charge in [0.2, 0.25) is 0 Å². The Hall–Kier alpha value is 1.67. The van der Waals surface area contributed by atoms with Gasteiger partial charge in [-0.3, -0.25) is 0 Å². The molecule has 0 bridgehead atoms. The van der Waals surface area contributed by atoms with Crippen LogP contribution in [0.2, 0.25) is 0 Å². The van der Waals surface area contributed by atoms with E-state index in [4.69, 9.17) is 0 Å². The van der Waals surface area contributed by atoms with E-state index in [2.05, 4.69) is 329 Å². The van der Waals surface area contributed by atoms with Crippen LogP contribution in [0.4, 0.5) is 0 Å². The Labute approximate surface area is 811 Å². The molecular formula is C96H217N15Ni5O5. The van der Waals surface area contributed by atoms with Crippen LogP contribution in [0.25, 0.3) is 53.2 Å². The summed E-state index contributed by atoms with van der Waals surface area (Å²) in [5.74, 6) is 0. The van der Waals surface area contributed by atoms with Crippen molar-refractivity contribution in [2.45, 2.75) is 532 Å². The van der Waals surface area contributed by atoms with Crippen LogP contribution in [0.3, 0.4) is 0 Å². The smallest absolute Gasteiger partial charge is 0.673 e. The molecule has 0 aromatic carbocycles. The summed E-state index contributed by atoms with van der Waals surface area (Å²) in [5.41, 5.74) is -2.50. The standard InChI is InChI=1S/C12H27NO.5C10H22N2.C10H23NO.C9H21NO.C8H19NO.C7H17NO.5Ni/c1-5-7-9-13(10-8-6-2)11-12(3,4)14;5*1-8(11-9(2,3)4)12-10(5,6)7;1-5-7-8-11(6-2)9-10(3,4)12;1-5-6-7-10(4)8-9(2,3)11;1-5-9(6-2)7-8(3,4)10;1-5-7(2,9)6-8(3)4;;;;;/h14H,5-11H2,1-4H3;5*8H,1-7H3;12H,5-9H2,1-4H3;11H,5-8H2,1-4H3;10H,5-7H2,1-4H3;9H,5-6H2,1-4H3;;;;;/q;5*-2;;;;;5*+2. The summed E-state index contributed by atoms with van der Waals surface area (Å²) in [6, 6.07) is 0. The number of rotatable bonds is 36. The van der Waals surface area contributed by atoms with Crippen LogP contribution in [-0.2, 0) is 82.5 Å². The molecule has 0 amide bonds. The summed E-state index contributed by atoms with van der Waals surface area (Å²) in [7, 11) is 5.97. The van der Waals surface area contributed by atoms with Gasteiger partial charge < -0.3 is 103 Å². The van der Waals surface area contributed by atoms with E-state index in [1.54, 1.807) is 0 Å². The van der Waals surface area contributed by atoms with Gasteiger partial charge in [-0.15, -0.1) is 90.0 Å². The molecule has 0 aliphatic carbocycles. The van der Waals surface area contributed by atoms with Crippen LogP contribution < -0.4 is 0 Å². The molecule has 5 N–H and O–H groups in total. The first kappa shape index (κ1) is 157. The van der Waals surface area contributed by atoms with Gasteiger partial charge >= 0.3 is 82.5 Å². The van der Waals surface area contributed by atoms with E-state index < -0.39 is 28.0 Å². The third-order valence-corrected chi connectivity index (χ3v) is 14.4. The molecule has 1 atom stereocenters. The summed E-state index contributed by atoms with van der Waals surface area (Å²) >= 11 is 0. The number of nitrogens with zero attached hydrogens (tertiary/aromatic N) is 15. The Bertz CT molecular complexity index is 1880. The fraction of sp³-hybridized carbons (Fsp3) is 1.00. The van der Waals surface area contributed by atoms with Crippen LogP contribution >= 0.6 is 0 Å². The summed E-state index contributed by atoms with van der Waals surface area (Å²) in [6.45, 7) is 118. The Kier molecular flexibility index (Phi) is 98.4. The van der Waals surface area contributed by atoms with E-state index >= 15 is 0 Å². The molecule has 0 saturated carbocycles. The molecular weight excluding hydrogens is 1740 g/mol. The Morgan fingerprint density at radius 2 is 0.380 bits per heavy atom. The first-order valence-corrected chi connectivity index (χ1v) is 45.2. The second-order valence-corrected chi connectivity index (χ2v) is 45.3. The maximum absolute atomic E-state index is 9.75. The predicted octanol–water partition coefficient (Wildman–Crippen LogP) is 26.2. The average Bonchev–Trinajstić information content (AvgIpc) is 0.927. The molecule has 121 heavy (non-hydrogen) atoms. The minimum atomic E-state index is -0.554. The molecule has 0 saturated heterocycles. The number of aliphatic hydroxyl groups is 5. The van der Waals surface area contributed by atoms with E-state index in [1.807, 2.05) is 130 Å². The predicted molar refractivity (Wildman–Crippen MR) is 527 cm³/mol. The largest absolute Gasteiger partial charge is 2.00 e. The van der Waals surface area contributed by atoms with Gasteiger partial charge in [-0.2, -0.15) is 0 Å². The van der Waals surface area contributed by atoms with Crippen molar-refractivity contribution in [3.63, 3.8) is 0 Å². The topological polar surface area (TPSA) is 258 Å². The van der Waals surface area contributed by atoms with E-state index in [1.165, 1.54) is 51.4 Å². The zero-order chi connectivity index (χ0) is 95.2. The molecule has 1 unspecified atom stereocenters. The second-order valence-electron chi connectivity index (χ2n) is 45.3. The van der Waals surface area contributed by atoms with Gasteiger partial charge in [-0.1, -0.05) is 289 Å². The van der Waals surface area contributed by atoms with Gasteiger partial charge in [-0.05, 0) is 161 Å². The molecule has 20 nitrogen and oxygen atoms in total. The summed E-state index contributed by atoms with van der Waals surface area (Å²) < 4.78 is 0. The zero-order valence-electron chi connectivity index (χ0n) is 90.8. The molecule has 756 valence electrons. The third-order valence-electron chi connectivity index (χ3n) is 14.4. The van der Waals surface area contributed by atoms with Crippen molar-refractivity contribution in [1.29, 1.82) is 0 Å². The van der Waals surface area contributed by atoms with Gasteiger partial charge in [0.05, 0.1) is 28.0 Å². The molecule has 0 spiro atoms. The van der Waals surface area contributed by atoms with Crippen molar-refractivity contribution >= 4 is 0 Å². The van der Waals surface area contributed by atoms with Crippen LogP contribution in [0.15, 0.2) is 0 Å². The summed E-state index contributed by atoms with van der Waals surface area (Å²) in [6.07, 6.45) is 11.1.